The molecule has 2 aromatic carbocycles. The van der Waals surface area contributed by atoms with Crippen molar-refractivity contribution in [2.75, 3.05) is 0 Å². The lowest BCUT2D eigenvalue weighted by molar-refractivity contribution is -0.144. The first-order valence-corrected chi connectivity index (χ1v) is 9.20. The van der Waals surface area contributed by atoms with Gasteiger partial charge in [0, 0.05) is 17.3 Å². The summed E-state index contributed by atoms with van der Waals surface area (Å²) in [4.78, 5) is 7.49. The molecule has 1 heterocycles. The minimum atomic E-state index is -5.26. The Morgan fingerprint density at radius 2 is 0.800 bits per heavy atom. The Kier molecular flexibility index (Phi) is 6.32. The van der Waals surface area contributed by atoms with E-state index in [1.807, 2.05) is 0 Å². The van der Waals surface area contributed by atoms with E-state index < -0.39 is 69.5 Å². The van der Waals surface area contributed by atoms with Crippen LogP contribution in [0.3, 0.4) is 0 Å². The van der Waals surface area contributed by atoms with Crippen molar-refractivity contribution in [2.45, 2.75) is 31.6 Å². The Morgan fingerprint density at radius 3 is 1.11 bits per heavy atom. The zero-order valence-corrected chi connectivity index (χ0v) is 17.0. The number of alkyl halides is 12. The second-order valence-electron chi connectivity index (χ2n) is 7.30. The van der Waals surface area contributed by atoms with Gasteiger partial charge in [-0.1, -0.05) is 0 Å². The minimum absolute atomic E-state index is 0.0715. The van der Waals surface area contributed by atoms with Gasteiger partial charge in [-0.2, -0.15) is 52.7 Å². The third kappa shape index (κ3) is 5.85. The van der Waals surface area contributed by atoms with Crippen LogP contribution in [0.2, 0.25) is 0 Å². The van der Waals surface area contributed by atoms with Crippen LogP contribution in [0.5, 0.6) is 0 Å². The highest BCUT2D eigenvalue weighted by Crippen LogP contribution is 2.42. The van der Waals surface area contributed by atoms with Gasteiger partial charge >= 0.3 is 24.7 Å². The van der Waals surface area contributed by atoms with Crippen molar-refractivity contribution >= 4 is 0 Å². The standard InChI is InChI=1S/C21H10F12N2/c1-9-8-34-16(10-2-12(18(22,23)24)6-13(3-10)19(25,26)27)17(35-9)11-4-14(20(28,29)30)7-15(5-11)21(31,32)33/h2-8H,1H3. The number of hydrogen-bond donors (Lipinski definition) is 0. The summed E-state index contributed by atoms with van der Waals surface area (Å²) in [6.07, 6.45) is -20.1. The zero-order chi connectivity index (χ0) is 26.6. The Hall–Kier alpha value is -3.32. The first kappa shape index (κ1) is 26.3. The van der Waals surface area contributed by atoms with E-state index >= 15 is 0 Å². The number of hydrogen-bond acceptors (Lipinski definition) is 2. The second-order valence-corrected chi connectivity index (χ2v) is 7.30. The third-order valence-corrected chi connectivity index (χ3v) is 4.62. The molecular weight excluding hydrogens is 508 g/mol. The van der Waals surface area contributed by atoms with Crippen LogP contribution in [-0.4, -0.2) is 9.97 Å². The van der Waals surface area contributed by atoms with Crippen LogP contribution in [0.1, 0.15) is 27.9 Å². The number of halogens is 12. The highest BCUT2D eigenvalue weighted by atomic mass is 19.4. The Balaban J connectivity index is 2.38. The maximum atomic E-state index is 13.3. The van der Waals surface area contributed by atoms with E-state index in [1.165, 1.54) is 6.92 Å². The van der Waals surface area contributed by atoms with Gasteiger partial charge in [0.05, 0.1) is 39.3 Å². The van der Waals surface area contributed by atoms with E-state index in [-0.39, 0.29) is 42.1 Å². The fraction of sp³-hybridized carbons (Fsp3) is 0.238. The molecule has 0 amide bonds. The molecule has 0 atom stereocenters. The number of aryl methyl sites for hydroxylation is 1. The molecule has 0 aliphatic heterocycles. The molecule has 3 aromatic rings. The average Bonchev–Trinajstić information content (AvgIpc) is 2.70. The van der Waals surface area contributed by atoms with Crippen molar-refractivity contribution in [2.24, 2.45) is 0 Å². The van der Waals surface area contributed by atoms with Gasteiger partial charge < -0.3 is 0 Å². The highest BCUT2D eigenvalue weighted by molar-refractivity contribution is 5.79. The van der Waals surface area contributed by atoms with E-state index in [0.29, 0.717) is 0 Å². The molecule has 0 fully saturated rings. The van der Waals surface area contributed by atoms with E-state index in [9.17, 15) is 52.7 Å². The third-order valence-electron chi connectivity index (χ3n) is 4.62. The number of benzene rings is 2. The monoisotopic (exact) mass is 518 g/mol. The van der Waals surface area contributed by atoms with Crippen molar-refractivity contribution in [3.05, 3.63) is 70.5 Å². The van der Waals surface area contributed by atoms with Crippen molar-refractivity contribution in [3.63, 3.8) is 0 Å². The zero-order valence-electron chi connectivity index (χ0n) is 17.0. The van der Waals surface area contributed by atoms with E-state index in [0.717, 1.165) is 6.20 Å². The molecule has 3 rings (SSSR count). The van der Waals surface area contributed by atoms with E-state index in [1.54, 1.807) is 0 Å². The molecule has 35 heavy (non-hydrogen) atoms. The Labute approximate surface area is 188 Å². The topological polar surface area (TPSA) is 25.8 Å². The summed E-state index contributed by atoms with van der Waals surface area (Å²) in [5.74, 6) is 0. The summed E-state index contributed by atoms with van der Waals surface area (Å²) in [6, 6.07) is 0.628. The summed E-state index contributed by atoms with van der Waals surface area (Å²) >= 11 is 0. The van der Waals surface area contributed by atoms with Gasteiger partial charge in [0.15, 0.2) is 0 Å². The smallest absolute Gasteiger partial charge is 0.252 e. The van der Waals surface area contributed by atoms with Crippen LogP contribution in [0.4, 0.5) is 52.7 Å². The molecule has 0 saturated heterocycles. The second kappa shape index (κ2) is 8.41. The molecule has 188 valence electrons. The van der Waals surface area contributed by atoms with Gasteiger partial charge in [0.2, 0.25) is 0 Å². The van der Waals surface area contributed by atoms with E-state index in [4.69, 9.17) is 0 Å². The van der Waals surface area contributed by atoms with Crippen molar-refractivity contribution < 1.29 is 52.7 Å². The van der Waals surface area contributed by atoms with Gasteiger partial charge in [-0.05, 0) is 43.3 Å². The van der Waals surface area contributed by atoms with Gasteiger partial charge in [-0.3, -0.25) is 4.98 Å². The maximum Gasteiger partial charge on any atom is 0.416 e. The van der Waals surface area contributed by atoms with Gasteiger partial charge in [-0.15, -0.1) is 0 Å². The molecular formula is C21H10F12N2. The first-order valence-electron chi connectivity index (χ1n) is 9.20. The fourth-order valence-electron chi connectivity index (χ4n) is 3.07. The van der Waals surface area contributed by atoms with Crippen LogP contribution in [0.15, 0.2) is 42.6 Å². The SMILES string of the molecule is Cc1cnc(-c2cc(C(F)(F)F)cc(C(F)(F)F)c2)c(-c2cc(C(F)(F)F)cc(C(F)(F)F)c2)n1. The van der Waals surface area contributed by atoms with Crippen molar-refractivity contribution in [3.8, 4) is 22.5 Å². The molecule has 0 aliphatic carbocycles. The fourth-order valence-corrected chi connectivity index (χ4v) is 3.07. The number of rotatable bonds is 2. The quantitative estimate of drug-likeness (QED) is 0.320. The maximum absolute atomic E-state index is 13.3. The molecule has 14 heteroatoms. The molecule has 0 spiro atoms. The summed E-state index contributed by atoms with van der Waals surface area (Å²) in [6.45, 7) is 1.23. The van der Waals surface area contributed by atoms with Crippen LogP contribution in [0, 0.1) is 6.92 Å². The Bertz CT molecular complexity index is 1190. The first-order chi connectivity index (χ1) is 15.8. The van der Waals surface area contributed by atoms with E-state index in [2.05, 4.69) is 9.97 Å². The molecule has 0 aliphatic rings. The van der Waals surface area contributed by atoms with Crippen molar-refractivity contribution in [1.82, 2.24) is 9.97 Å². The van der Waals surface area contributed by atoms with Gasteiger partial charge in [-0.25, -0.2) is 4.98 Å². The molecule has 0 bridgehead atoms. The molecule has 0 N–H and O–H groups in total. The normalized spacial score (nSPS) is 13.3. The lowest BCUT2D eigenvalue weighted by Gasteiger charge is -2.17. The largest absolute Gasteiger partial charge is 0.416 e. The summed E-state index contributed by atoms with van der Waals surface area (Å²) < 4.78 is 159. The highest BCUT2D eigenvalue weighted by Gasteiger charge is 2.39. The molecule has 1 aromatic heterocycles. The van der Waals surface area contributed by atoms with Crippen LogP contribution in [0.25, 0.3) is 22.5 Å². The van der Waals surface area contributed by atoms with Gasteiger partial charge in [0.25, 0.3) is 0 Å². The van der Waals surface area contributed by atoms with Crippen LogP contribution < -0.4 is 0 Å². The lowest BCUT2D eigenvalue weighted by atomic mass is 9.96. The molecule has 2 nitrogen and oxygen atoms in total. The van der Waals surface area contributed by atoms with Crippen molar-refractivity contribution in [1.29, 1.82) is 0 Å². The van der Waals surface area contributed by atoms with Crippen LogP contribution in [-0.2, 0) is 24.7 Å². The Morgan fingerprint density at radius 1 is 0.486 bits per heavy atom. The summed E-state index contributed by atoms with van der Waals surface area (Å²) in [5, 5.41) is 0. The summed E-state index contributed by atoms with van der Waals surface area (Å²) in [5.41, 5.74) is -10.4. The predicted octanol–water partition coefficient (Wildman–Crippen LogP) is 8.19. The minimum Gasteiger partial charge on any atom is -0.252 e. The lowest BCUT2D eigenvalue weighted by Crippen LogP contribution is -2.12. The van der Waals surface area contributed by atoms with Crippen LogP contribution >= 0.6 is 0 Å². The molecule has 0 radical (unpaired) electrons. The number of nitrogens with zero attached hydrogens (tertiary/aromatic N) is 2. The molecule has 0 unspecified atom stereocenters. The van der Waals surface area contributed by atoms with Gasteiger partial charge in [0.1, 0.15) is 0 Å². The molecule has 0 saturated carbocycles. The average molecular weight is 518 g/mol. The summed E-state index contributed by atoms with van der Waals surface area (Å²) in [7, 11) is 0. The predicted molar refractivity (Wildman–Crippen MR) is 97.6 cm³/mol. The number of aromatic nitrogens is 2.